The topological polar surface area (TPSA) is 56.2 Å². The van der Waals surface area contributed by atoms with Crippen molar-refractivity contribution in [1.29, 1.82) is 0 Å². The van der Waals surface area contributed by atoms with Gasteiger partial charge in [-0.1, -0.05) is 12.1 Å². The molecule has 0 aliphatic carbocycles. The van der Waals surface area contributed by atoms with Crippen molar-refractivity contribution in [1.82, 2.24) is 14.9 Å². The summed E-state index contributed by atoms with van der Waals surface area (Å²) >= 11 is 0. The SMILES string of the molecule is O=C(Cn1cnc2ccccc21)NCC1CCCOC1. The number of amides is 1. The number of carbonyl (C=O) groups is 1. The van der Waals surface area contributed by atoms with Crippen molar-refractivity contribution in [3.8, 4) is 0 Å². The van der Waals surface area contributed by atoms with Gasteiger partial charge in [0.05, 0.1) is 24.0 Å². The summed E-state index contributed by atoms with van der Waals surface area (Å²) in [6, 6.07) is 7.83. The smallest absolute Gasteiger partial charge is 0.240 e. The van der Waals surface area contributed by atoms with E-state index in [4.69, 9.17) is 4.74 Å². The maximum absolute atomic E-state index is 12.0. The molecule has 1 N–H and O–H groups in total. The van der Waals surface area contributed by atoms with E-state index >= 15 is 0 Å². The van der Waals surface area contributed by atoms with Crippen LogP contribution in [0.25, 0.3) is 11.0 Å². The molecule has 5 nitrogen and oxygen atoms in total. The summed E-state index contributed by atoms with van der Waals surface area (Å²) in [4.78, 5) is 16.3. The number of hydrogen-bond donors (Lipinski definition) is 1. The van der Waals surface area contributed by atoms with E-state index in [9.17, 15) is 4.79 Å². The van der Waals surface area contributed by atoms with Crippen LogP contribution < -0.4 is 5.32 Å². The number of fused-ring (bicyclic) bond motifs is 1. The van der Waals surface area contributed by atoms with Crippen molar-refractivity contribution in [2.45, 2.75) is 19.4 Å². The van der Waals surface area contributed by atoms with Crippen molar-refractivity contribution in [2.24, 2.45) is 5.92 Å². The first kappa shape index (κ1) is 13.1. The van der Waals surface area contributed by atoms with Crippen LogP contribution in [0, 0.1) is 5.92 Å². The zero-order chi connectivity index (χ0) is 13.8. The van der Waals surface area contributed by atoms with Crippen molar-refractivity contribution >= 4 is 16.9 Å². The fourth-order valence-electron chi connectivity index (χ4n) is 2.57. The number of nitrogens with one attached hydrogen (secondary N) is 1. The van der Waals surface area contributed by atoms with Gasteiger partial charge in [0.25, 0.3) is 0 Å². The first-order valence-electron chi connectivity index (χ1n) is 7.07. The summed E-state index contributed by atoms with van der Waals surface area (Å²) in [6.07, 6.45) is 3.94. The minimum atomic E-state index is 0.0266. The molecule has 20 heavy (non-hydrogen) atoms. The molecule has 1 aromatic heterocycles. The second kappa shape index (κ2) is 6.05. The standard InChI is InChI=1S/C15H19N3O2/c19-15(16-8-12-4-3-7-20-10-12)9-18-11-17-13-5-1-2-6-14(13)18/h1-2,5-6,11-12H,3-4,7-10H2,(H,16,19). The summed E-state index contributed by atoms with van der Waals surface area (Å²) in [6.45, 7) is 2.62. The molecule has 1 atom stereocenters. The van der Waals surface area contributed by atoms with Gasteiger partial charge in [0.1, 0.15) is 6.54 Å². The Bertz CT molecular complexity index is 588. The number of benzene rings is 1. The molecule has 1 saturated heterocycles. The number of para-hydroxylation sites is 2. The van der Waals surface area contributed by atoms with Gasteiger partial charge in [-0.3, -0.25) is 4.79 Å². The molecule has 0 saturated carbocycles. The highest BCUT2D eigenvalue weighted by atomic mass is 16.5. The van der Waals surface area contributed by atoms with Crippen molar-refractivity contribution in [3.05, 3.63) is 30.6 Å². The van der Waals surface area contributed by atoms with E-state index in [0.29, 0.717) is 19.0 Å². The Balaban J connectivity index is 1.55. The number of carbonyl (C=O) groups excluding carboxylic acids is 1. The quantitative estimate of drug-likeness (QED) is 0.920. The fourth-order valence-corrected chi connectivity index (χ4v) is 2.57. The molecular formula is C15H19N3O2. The van der Waals surface area contributed by atoms with Crippen LogP contribution in [0.15, 0.2) is 30.6 Å². The monoisotopic (exact) mass is 273 g/mol. The molecule has 1 aliphatic rings. The van der Waals surface area contributed by atoms with Gasteiger partial charge in [0, 0.05) is 13.2 Å². The van der Waals surface area contributed by atoms with E-state index in [-0.39, 0.29) is 5.91 Å². The second-order valence-electron chi connectivity index (χ2n) is 5.25. The zero-order valence-corrected chi connectivity index (χ0v) is 11.4. The van der Waals surface area contributed by atoms with Gasteiger partial charge in [0.2, 0.25) is 5.91 Å². The van der Waals surface area contributed by atoms with Crippen LogP contribution in [0.2, 0.25) is 0 Å². The maximum Gasteiger partial charge on any atom is 0.240 e. The number of aromatic nitrogens is 2. The predicted octanol–water partition coefficient (Wildman–Crippen LogP) is 1.58. The van der Waals surface area contributed by atoms with Crippen LogP contribution in [0.1, 0.15) is 12.8 Å². The van der Waals surface area contributed by atoms with E-state index < -0.39 is 0 Å². The van der Waals surface area contributed by atoms with Crippen LogP contribution >= 0.6 is 0 Å². The highest BCUT2D eigenvalue weighted by Gasteiger charge is 2.15. The van der Waals surface area contributed by atoms with E-state index in [1.54, 1.807) is 6.33 Å². The Hall–Kier alpha value is -1.88. The number of ether oxygens (including phenoxy) is 1. The molecule has 5 heteroatoms. The van der Waals surface area contributed by atoms with Crippen molar-refractivity contribution < 1.29 is 9.53 Å². The Morgan fingerprint density at radius 3 is 3.20 bits per heavy atom. The zero-order valence-electron chi connectivity index (χ0n) is 11.4. The average molecular weight is 273 g/mol. The van der Waals surface area contributed by atoms with Crippen LogP contribution in [-0.2, 0) is 16.1 Å². The van der Waals surface area contributed by atoms with Gasteiger partial charge in [-0.05, 0) is 30.9 Å². The molecule has 1 aromatic carbocycles. The minimum Gasteiger partial charge on any atom is -0.381 e. The fraction of sp³-hybridized carbons (Fsp3) is 0.467. The Kier molecular flexibility index (Phi) is 3.97. The molecule has 2 heterocycles. The molecule has 1 fully saturated rings. The molecule has 2 aromatic rings. The van der Waals surface area contributed by atoms with Crippen molar-refractivity contribution in [3.63, 3.8) is 0 Å². The van der Waals surface area contributed by atoms with Gasteiger partial charge in [0.15, 0.2) is 0 Å². The van der Waals surface area contributed by atoms with Crippen LogP contribution in [0.4, 0.5) is 0 Å². The lowest BCUT2D eigenvalue weighted by molar-refractivity contribution is -0.122. The number of rotatable bonds is 4. The lowest BCUT2D eigenvalue weighted by atomic mass is 10.0. The predicted molar refractivity (Wildman–Crippen MR) is 76.3 cm³/mol. The molecule has 1 unspecified atom stereocenters. The molecule has 3 rings (SSSR count). The average Bonchev–Trinajstić information content (AvgIpc) is 2.90. The molecule has 0 radical (unpaired) electrons. The van der Waals surface area contributed by atoms with Gasteiger partial charge in [-0.15, -0.1) is 0 Å². The van der Waals surface area contributed by atoms with Crippen LogP contribution in [0.3, 0.4) is 0 Å². The van der Waals surface area contributed by atoms with Crippen molar-refractivity contribution in [2.75, 3.05) is 19.8 Å². The third kappa shape index (κ3) is 2.99. The summed E-state index contributed by atoms with van der Waals surface area (Å²) in [5.74, 6) is 0.478. The van der Waals surface area contributed by atoms with E-state index in [1.165, 1.54) is 0 Å². The minimum absolute atomic E-state index is 0.0266. The third-order valence-electron chi connectivity index (χ3n) is 3.68. The summed E-state index contributed by atoms with van der Waals surface area (Å²) in [7, 11) is 0. The first-order valence-corrected chi connectivity index (χ1v) is 7.07. The van der Waals surface area contributed by atoms with E-state index in [0.717, 1.165) is 37.1 Å². The molecule has 0 spiro atoms. The summed E-state index contributed by atoms with van der Waals surface area (Å²) in [5, 5.41) is 2.99. The van der Waals surface area contributed by atoms with Gasteiger partial charge in [-0.25, -0.2) is 4.98 Å². The number of hydrogen-bond acceptors (Lipinski definition) is 3. The number of nitrogens with zero attached hydrogens (tertiary/aromatic N) is 2. The summed E-state index contributed by atoms with van der Waals surface area (Å²) in [5.41, 5.74) is 1.91. The highest BCUT2D eigenvalue weighted by Crippen LogP contribution is 2.13. The molecule has 1 amide bonds. The Morgan fingerprint density at radius 1 is 1.45 bits per heavy atom. The van der Waals surface area contributed by atoms with Gasteiger partial charge < -0.3 is 14.6 Å². The number of imidazole rings is 1. The van der Waals surface area contributed by atoms with E-state index in [2.05, 4.69) is 10.3 Å². The molecular weight excluding hydrogens is 254 g/mol. The Labute approximate surface area is 117 Å². The van der Waals surface area contributed by atoms with Gasteiger partial charge in [-0.2, -0.15) is 0 Å². The van der Waals surface area contributed by atoms with Crippen LogP contribution in [0.5, 0.6) is 0 Å². The summed E-state index contributed by atoms with van der Waals surface area (Å²) < 4.78 is 7.29. The highest BCUT2D eigenvalue weighted by molar-refractivity contribution is 5.80. The Morgan fingerprint density at radius 2 is 2.35 bits per heavy atom. The van der Waals surface area contributed by atoms with Gasteiger partial charge >= 0.3 is 0 Å². The second-order valence-corrected chi connectivity index (χ2v) is 5.25. The third-order valence-corrected chi connectivity index (χ3v) is 3.68. The lowest BCUT2D eigenvalue weighted by Gasteiger charge is -2.22. The molecule has 0 bridgehead atoms. The molecule has 106 valence electrons. The maximum atomic E-state index is 12.0. The largest absolute Gasteiger partial charge is 0.381 e. The first-order chi connectivity index (χ1) is 9.83. The lowest BCUT2D eigenvalue weighted by Crippen LogP contribution is -2.35. The van der Waals surface area contributed by atoms with Crippen LogP contribution in [-0.4, -0.2) is 35.2 Å². The molecule has 1 aliphatic heterocycles. The normalized spacial score (nSPS) is 19.1. The van der Waals surface area contributed by atoms with E-state index in [1.807, 2.05) is 28.8 Å².